The van der Waals surface area contributed by atoms with Gasteiger partial charge < -0.3 is 20.5 Å². The zero-order valence-electron chi connectivity index (χ0n) is 21.1. The second kappa shape index (κ2) is 14.5. The number of rotatable bonds is 11. The summed E-state index contributed by atoms with van der Waals surface area (Å²) in [5, 5.41) is 24.9. The zero-order chi connectivity index (χ0) is 26.4. The molecule has 0 unspecified atom stereocenters. The van der Waals surface area contributed by atoms with Gasteiger partial charge in [0, 0.05) is 12.6 Å². The Bertz CT molecular complexity index is 1120. The molecule has 3 aromatic carbocycles. The first-order chi connectivity index (χ1) is 17.3. The number of methoxy groups -OCH3 is 1. The highest BCUT2D eigenvalue weighted by Gasteiger charge is 2.29. The Morgan fingerprint density at radius 1 is 1.03 bits per heavy atom. The van der Waals surface area contributed by atoms with E-state index in [0.717, 1.165) is 43.1 Å². The summed E-state index contributed by atoms with van der Waals surface area (Å²) in [6.07, 6.45) is 1.59. The van der Waals surface area contributed by atoms with Gasteiger partial charge in [0.15, 0.2) is 5.75 Å². The Morgan fingerprint density at radius 3 is 2.28 bits per heavy atom. The summed E-state index contributed by atoms with van der Waals surface area (Å²) in [6.45, 7) is 5.52. The monoisotopic (exact) mass is 491 g/mol. The zero-order valence-corrected chi connectivity index (χ0v) is 21.1. The fourth-order valence-electron chi connectivity index (χ4n) is 3.45. The molecule has 0 fully saturated rings. The Kier molecular flexibility index (Phi) is 11.4. The van der Waals surface area contributed by atoms with Crippen LogP contribution in [0.3, 0.4) is 0 Å². The lowest BCUT2D eigenvalue weighted by molar-refractivity contribution is -0.142. The molecular formula is C29H34FN3O3. The fraction of sp³-hybridized carbons (Fsp3) is 0.310. The van der Waals surface area contributed by atoms with Crippen molar-refractivity contribution in [2.24, 2.45) is 0 Å². The first-order valence-corrected chi connectivity index (χ1v) is 11.8. The number of anilines is 1. The van der Waals surface area contributed by atoms with Crippen LogP contribution in [-0.2, 0) is 16.6 Å². The molecule has 6 nitrogen and oxygen atoms in total. The predicted octanol–water partition coefficient (Wildman–Crippen LogP) is 5.39. The third kappa shape index (κ3) is 8.71. The molecular weight excluding hydrogens is 457 g/mol. The number of halogens is 1. The molecule has 7 heteroatoms. The number of nitrogens with one attached hydrogen (secondary N) is 2. The van der Waals surface area contributed by atoms with Crippen LogP contribution in [0.4, 0.5) is 10.1 Å². The van der Waals surface area contributed by atoms with Crippen LogP contribution in [0.1, 0.15) is 37.0 Å². The van der Waals surface area contributed by atoms with Crippen LogP contribution in [0.25, 0.3) is 0 Å². The lowest BCUT2D eigenvalue weighted by Crippen LogP contribution is -2.28. The molecule has 0 aliphatic rings. The average Bonchev–Trinajstić information content (AvgIpc) is 2.89. The second-order valence-corrected chi connectivity index (χ2v) is 8.71. The summed E-state index contributed by atoms with van der Waals surface area (Å²) in [5.74, 6) is -0.987. The molecule has 0 saturated carbocycles. The summed E-state index contributed by atoms with van der Waals surface area (Å²) in [5.41, 5.74) is 1.58. The van der Waals surface area contributed by atoms with Gasteiger partial charge in [0.2, 0.25) is 0 Å². The van der Waals surface area contributed by atoms with E-state index in [1.807, 2.05) is 66.7 Å². The molecule has 190 valence electrons. The Balaban J connectivity index is 0.000000662. The maximum absolute atomic E-state index is 13.6. The number of carbonyl (C=O) groups is 1. The van der Waals surface area contributed by atoms with Crippen molar-refractivity contribution in [3.8, 4) is 11.8 Å². The highest BCUT2D eigenvalue weighted by atomic mass is 19.1. The minimum Gasteiger partial charge on any atom is -0.493 e. The van der Waals surface area contributed by atoms with Gasteiger partial charge in [-0.3, -0.25) is 4.79 Å². The molecule has 0 bridgehead atoms. The molecule has 0 aromatic heterocycles. The lowest BCUT2D eigenvalue weighted by Gasteiger charge is -2.20. The Morgan fingerprint density at radius 2 is 1.69 bits per heavy atom. The van der Waals surface area contributed by atoms with E-state index in [4.69, 9.17) is 10.00 Å². The van der Waals surface area contributed by atoms with Crippen LogP contribution >= 0.6 is 0 Å². The van der Waals surface area contributed by atoms with E-state index >= 15 is 0 Å². The minimum absolute atomic E-state index is 0.159. The summed E-state index contributed by atoms with van der Waals surface area (Å²) in [4.78, 5) is 11.4. The molecule has 0 amide bonds. The van der Waals surface area contributed by atoms with Crippen molar-refractivity contribution in [3.05, 3.63) is 95.3 Å². The number of nitrogens with zero attached hydrogens (tertiary/aromatic N) is 1. The van der Waals surface area contributed by atoms with Crippen LogP contribution < -0.4 is 15.4 Å². The minimum atomic E-state index is -0.918. The number of hydrogen-bond acceptors (Lipinski definition) is 5. The third-order valence-corrected chi connectivity index (χ3v) is 5.66. The molecule has 36 heavy (non-hydrogen) atoms. The summed E-state index contributed by atoms with van der Waals surface area (Å²) in [6, 6.07) is 24.1. The van der Waals surface area contributed by atoms with Gasteiger partial charge in [0.05, 0.1) is 23.8 Å². The highest BCUT2D eigenvalue weighted by molar-refractivity contribution is 5.80. The van der Waals surface area contributed by atoms with Crippen LogP contribution in [0.5, 0.6) is 5.75 Å². The van der Waals surface area contributed by atoms with E-state index in [2.05, 4.69) is 10.6 Å². The van der Waals surface area contributed by atoms with E-state index in [1.165, 1.54) is 13.2 Å². The molecule has 3 rings (SSSR count). The standard InChI is InChI=1S/C23H28FN3O3.C6H6/c1-23(2,22(28)29)18-7-4-6-16(12-18)8-11-26-9-5-10-27-20-14-19(24)13-17(15-25)21(20)30-3;1-2-4-6-5-3-1/h4,6-7,12-14,26-27H,5,8-11H2,1-3H3,(H,28,29);1-6H. The number of carboxylic acids is 1. The molecule has 0 saturated heterocycles. The van der Waals surface area contributed by atoms with E-state index < -0.39 is 17.2 Å². The smallest absolute Gasteiger partial charge is 0.313 e. The largest absolute Gasteiger partial charge is 0.493 e. The van der Waals surface area contributed by atoms with Gasteiger partial charge in [0.1, 0.15) is 11.9 Å². The first-order valence-electron chi connectivity index (χ1n) is 11.8. The highest BCUT2D eigenvalue weighted by Crippen LogP contribution is 2.29. The fourth-order valence-corrected chi connectivity index (χ4v) is 3.45. The van der Waals surface area contributed by atoms with E-state index in [-0.39, 0.29) is 5.56 Å². The Hall–Kier alpha value is -3.89. The van der Waals surface area contributed by atoms with Crippen molar-refractivity contribution in [3.63, 3.8) is 0 Å². The van der Waals surface area contributed by atoms with Gasteiger partial charge in [-0.15, -0.1) is 0 Å². The van der Waals surface area contributed by atoms with Crippen LogP contribution in [0.2, 0.25) is 0 Å². The molecule has 0 aliphatic carbocycles. The molecule has 0 atom stereocenters. The number of benzene rings is 3. The molecule has 3 N–H and O–H groups in total. The van der Waals surface area contributed by atoms with Gasteiger partial charge in [-0.05, 0) is 57.0 Å². The van der Waals surface area contributed by atoms with Crippen molar-refractivity contribution >= 4 is 11.7 Å². The number of hydrogen-bond donors (Lipinski definition) is 3. The van der Waals surface area contributed by atoms with Crippen LogP contribution in [0.15, 0.2) is 72.8 Å². The number of aliphatic carboxylic acids is 1. The average molecular weight is 492 g/mol. The second-order valence-electron chi connectivity index (χ2n) is 8.71. The van der Waals surface area contributed by atoms with Crippen molar-refractivity contribution in [2.75, 3.05) is 32.1 Å². The predicted molar refractivity (Wildman–Crippen MR) is 141 cm³/mol. The maximum Gasteiger partial charge on any atom is 0.313 e. The van der Waals surface area contributed by atoms with Crippen molar-refractivity contribution in [1.29, 1.82) is 5.26 Å². The van der Waals surface area contributed by atoms with Gasteiger partial charge in [0.25, 0.3) is 0 Å². The quantitative estimate of drug-likeness (QED) is 0.312. The molecule has 0 heterocycles. The van der Waals surface area contributed by atoms with Gasteiger partial charge >= 0.3 is 5.97 Å². The summed E-state index contributed by atoms with van der Waals surface area (Å²) >= 11 is 0. The van der Waals surface area contributed by atoms with Gasteiger partial charge in [-0.25, -0.2) is 4.39 Å². The summed E-state index contributed by atoms with van der Waals surface area (Å²) < 4.78 is 18.8. The maximum atomic E-state index is 13.6. The molecule has 0 radical (unpaired) electrons. The summed E-state index contributed by atoms with van der Waals surface area (Å²) in [7, 11) is 1.45. The van der Waals surface area contributed by atoms with Crippen molar-refractivity contribution < 1.29 is 19.0 Å². The SMILES string of the molecule is COc1c(C#N)cc(F)cc1NCCCNCCc1cccc(C(C)(C)C(=O)O)c1.c1ccccc1. The molecule has 0 aliphatic heterocycles. The van der Waals surface area contributed by atoms with Crippen molar-refractivity contribution in [1.82, 2.24) is 5.32 Å². The van der Waals surface area contributed by atoms with Gasteiger partial charge in [-0.2, -0.15) is 5.26 Å². The topological polar surface area (TPSA) is 94.4 Å². The number of carboxylic acid groups (broad SMARTS) is 1. The van der Waals surface area contributed by atoms with E-state index in [9.17, 15) is 14.3 Å². The van der Waals surface area contributed by atoms with Crippen LogP contribution in [0, 0.1) is 17.1 Å². The van der Waals surface area contributed by atoms with E-state index in [1.54, 1.807) is 13.8 Å². The van der Waals surface area contributed by atoms with Gasteiger partial charge in [-0.1, -0.05) is 60.7 Å². The Labute approximate surface area is 212 Å². The van der Waals surface area contributed by atoms with Crippen LogP contribution in [-0.4, -0.2) is 37.8 Å². The lowest BCUT2D eigenvalue weighted by atomic mass is 9.84. The number of ether oxygens (including phenoxy) is 1. The normalized spacial score (nSPS) is 10.5. The van der Waals surface area contributed by atoms with E-state index in [0.29, 0.717) is 18.0 Å². The van der Waals surface area contributed by atoms with Crippen molar-refractivity contribution in [2.45, 2.75) is 32.1 Å². The molecule has 0 spiro atoms. The molecule has 3 aromatic rings. The number of nitriles is 1. The first kappa shape index (κ1) is 28.3. The third-order valence-electron chi connectivity index (χ3n) is 5.66.